The molecule has 1 rings (SSSR count). The summed E-state index contributed by atoms with van der Waals surface area (Å²) < 4.78 is 0. The van der Waals surface area contributed by atoms with Crippen molar-refractivity contribution in [3.05, 3.63) is 36.7 Å². The minimum atomic E-state index is -0.123. The number of rotatable bonds is 3. The van der Waals surface area contributed by atoms with Gasteiger partial charge in [-0.3, -0.25) is 4.98 Å². The van der Waals surface area contributed by atoms with Crippen molar-refractivity contribution in [2.45, 2.75) is 12.5 Å². The van der Waals surface area contributed by atoms with Crippen LogP contribution in [0, 0.1) is 0 Å². The van der Waals surface area contributed by atoms with Gasteiger partial charge in [-0.2, -0.15) is 0 Å². The lowest BCUT2D eigenvalue weighted by Crippen LogP contribution is -2.08. The topological polar surface area (TPSA) is 59.1 Å². The summed E-state index contributed by atoms with van der Waals surface area (Å²) in [6, 6.07) is 1.49. The predicted octanol–water partition coefficient (Wildman–Crippen LogP) is 1.36. The van der Waals surface area contributed by atoms with Gasteiger partial charge >= 0.3 is 0 Å². The molecule has 64 valence electrons. The summed E-state index contributed by atoms with van der Waals surface area (Å²) in [6.07, 6.45) is 5.46. The monoisotopic (exact) mass is 164 g/mol. The van der Waals surface area contributed by atoms with E-state index >= 15 is 0 Å². The Kier molecular flexibility index (Phi) is 2.82. The third kappa shape index (κ3) is 2.07. The maximum absolute atomic E-state index is 9.09. The van der Waals surface area contributed by atoms with E-state index in [1.807, 2.05) is 0 Å². The summed E-state index contributed by atoms with van der Waals surface area (Å²) in [6.45, 7) is 3.59. The quantitative estimate of drug-likeness (QED) is 0.663. The summed E-state index contributed by atoms with van der Waals surface area (Å²) >= 11 is 0. The largest absolute Gasteiger partial charge is 0.506 e. The van der Waals surface area contributed by atoms with E-state index < -0.39 is 0 Å². The molecule has 3 nitrogen and oxygen atoms in total. The van der Waals surface area contributed by atoms with Crippen LogP contribution >= 0.6 is 0 Å². The molecule has 0 aliphatic rings. The van der Waals surface area contributed by atoms with Crippen LogP contribution < -0.4 is 5.73 Å². The third-order valence-electron chi connectivity index (χ3n) is 1.59. The van der Waals surface area contributed by atoms with Crippen molar-refractivity contribution in [2.24, 2.45) is 5.73 Å². The van der Waals surface area contributed by atoms with Gasteiger partial charge in [0.2, 0.25) is 0 Å². The number of aromatic hydroxyl groups is 1. The molecule has 0 spiro atoms. The number of nitrogens with zero attached hydrogens (tertiary/aromatic N) is 1. The fourth-order valence-corrected chi connectivity index (χ4v) is 0.963. The first kappa shape index (κ1) is 8.74. The Labute approximate surface area is 71.6 Å². The molecule has 0 aliphatic heterocycles. The zero-order chi connectivity index (χ0) is 8.97. The van der Waals surface area contributed by atoms with E-state index in [1.54, 1.807) is 18.3 Å². The highest BCUT2D eigenvalue weighted by atomic mass is 16.3. The van der Waals surface area contributed by atoms with Gasteiger partial charge in [0.05, 0.1) is 6.20 Å². The number of hydrogen-bond acceptors (Lipinski definition) is 3. The lowest BCUT2D eigenvalue weighted by Gasteiger charge is -2.08. The highest BCUT2D eigenvalue weighted by Gasteiger charge is 2.03. The molecule has 1 aromatic rings. The molecule has 1 aromatic heterocycles. The Morgan fingerprint density at radius 3 is 3.00 bits per heavy atom. The van der Waals surface area contributed by atoms with Crippen molar-refractivity contribution in [1.82, 2.24) is 4.98 Å². The van der Waals surface area contributed by atoms with Gasteiger partial charge in [-0.15, -0.1) is 6.58 Å². The molecule has 0 aliphatic carbocycles. The zero-order valence-corrected chi connectivity index (χ0v) is 6.77. The lowest BCUT2D eigenvalue weighted by atomic mass is 10.1. The number of hydrogen-bond donors (Lipinski definition) is 2. The summed E-state index contributed by atoms with van der Waals surface area (Å²) in [5, 5.41) is 9.09. The smallest absolute Gasteiger partial charge is 0.134 e. The molecule has 3 heteroatoms. The predicted molar refractivity (Wildman–Crippen MR) is 47.6 cm³/mol. The molecular weight excluding hydrogens is 152 g/mol. The fraction of sp³-hybridized carbons (Fsp3) is 0.222. The van der Waals surface area contributed by atoms with Gasteiger partial charge in [-0.05, 0) is 18.1 Å². The van der Waals surface area contributed by atoms with Crippen molar-refractivity contribution in [2.75, 3.05) is 0 Å². The first-order chi connectivity index (χ1) is 5.74. The van der Waals surface area contributed by atoms with E-state index in [9.17, 15) is 0 Å². The van der Waals surface area contributed by atoms with Crippen LogP contribution in [0.1, 0.15) is 18.0 Å². The molecule has 0 saturated carbocycles. The van der Waals surface area contributed by atoms with E-state index in [-0.39, 0.29) is 11.8 Å². The van der Waals surface area contributed by atoms with Gasteiger partial charge in [0, 0.05) is 12.2 Å². The first-order valence-corrected chi connectivity index (χ1v) is 3.74. The van der Waals surface area contributed by atoms with E-state index in [4.69, 9.17) is 10.8 Å². The molecule has 1 heterocycles. The van der Waals surface area contributed by atoms with Gasteiger partial charge in [-0.25, -0.2) is 0 Å². The standard InChI is InChI=1S/C9H12N2O/c1-2-3-9(10)7-4-8(12)6-11-5-7/h2,4-6,9,12H,1,3,10H2/t9-/m1/s1. The van der Waals surface area contributed by atoms with Gasteiger partial charge in [0.15, 0.2) is 0 Å². The molecule has 0 aromatic carbocycles. The minimum Gasteiger partial charge on any atom is -0.506 e. The Morgan fingerprint density at radius 1 is 1.67 bits per heavy atom. The highest BCUT2D eigenvalue weighted by molar-refractivity contribution is 5.24. The van der Waals surface area contributed by atoms with Crippen LogP contribution in [-0.4, -0.2) is 10.1 Å². The zero-order valence-electron chi connectivity index (χ0n) is 6.77. The first-order valence-electron chi connectivity index (χ1n) is 3.74. The van der Waals surface area contributed by atoms with Crippen LogP contribution in [0.2, 0.25) is 0 Å². The SMILES string of the molecule is C=CC[C@@H](N)c1cncc(O)c1. The summed E-state index contributed by atoms with van der Waals surface area (Å²) in [5.41, 5.74) is 6.58. The second-order valence-electron chi connectivity index (χ2n) is 2.61. The molecule has 0 amide bonds. The summed E-state index contributed by atoms with van der Waals surface area (Å²) in [7, 11) is 0. The van der Waals surface area contributed by atoms with E-state index in [0.29, 0.717) is 6.42 Å². The molecule has 0 fully saturated rings. The Hall–Kier alpha value is -1.35. The summed E-state index contributed by atoms with van der Waals surface area (Å²) in [5.74, 6) is 0.145. The van der Waals surface area contributed by atoms with Crippen LogP contribution in [0.4, 0.5) is 0 Å². The van der Waals surface area contributed by atoms with Crippen molar-refractivity contribution in [1.29, 1.82) is 0 Å². The normalized spacial score (nSPS) is 12.4. The van der Waals surface area contributed by atoms with Gasteiger partial charge in [-0.1, -0.05) is 6.08 Å². The van der Waals surface area contributed by atoms with Gasteiger partial charge in [0.1, 0.15) is 5.75 Å². The van der Waals surface area contributed by atoms with E-state index in [0.717, 1.165) is 5.56 Å². The maximum atomic E-state index is 9.09. The highest BCUT2D eigenvalue weighted by Crippen LogP contribution is 2.16. The molecule has 12 heavy (non-hydrogen) atoms. The van der Waals surface area contributed by atoms with Crippen LogP contribution in [0.3, 0.4) is 0 Å². The molecule has 0 bridgehead atoms. The van der Waals surface area contributed by atoms with Crippen molar-refractivity contribution >= 4 is 0 Å². The lowest BCUT2D eigenvalue weighted by molar-refractivity contribution is 0.470. The number of nitrogens with two attached hydrogens (primary N) is 1. The Morgan fingerprint density at radius 2 is 2.42 bits per heavy atom. The van der Waals surface area contributed by atoms with E-state index in [2.05, 4.69) is 11.6 Å². The van der Waals surface area contributed by atoms with Crippen LogP contribution in [-0.2, 0) is 0 Å². The molecule has 3 N–H and O–H groups in total. The third-order valence-corrected chi connectivity index (χ3v) is 1.59. The van der Waals surface area contributed by atoms with Crippen LogP contribution in [0.5, 0.6) is 5.75 Å². The molecule has 0 saturated heterocycles. The average Bonchev–Trinajstić information content (AvgIpc) is 2.05. The molecular formula is C9H12N2O. The molecule has 1 atom stereocenters. The van der Waals surface area contributed by atoms with Crippen molar-refractivity contribution in [3.8, 4) is 5.75 Å². The van der Waals surface area contributed by atoms with Crippen molar-refractivity contribution in [3.63, 3.8) is 0 Å². The number of pyridine rings is 1. The molecule has 0 radical (unpaired) electrons. The van der Waals surface area contributed by atoms with Gasteiger partial charge < -0.3 is 10.8 Å². The maximum Gasteiger partial charge on any atom is 0.134 e. The van der Waals surface area contributed by atoms with Crippen molar-refractivity contribution < 1.29 is 5.11 Å². The van der Waals surface area contributed by atoms with Crippen LogP contribution in [0.25, 0.3) is 0 Å². The fourth-order valence-electron chi connectivity index (χ4n) is 0.963. The second kappa shape index (κ2) is 3.88. The Balaban J connectivity index is 2.80. The van der Waals surface area contributed by atoms with Gasteiger partial charge in [0.25, 0.3) is 0 Å². The number of aromatic nitrogens is 1. The van der Waals surface area contributed by atoms with Crippen LogP contribution in [0.15, 0.2) is 31.1 Å². The second-order valence-corrected chi connectivity index (χ2v) is 2.61. The Bertz CT molecular complexity index is 273. The average molecular weight is 164 g/mol. The minimum absolute atomic E-state index is 0.123. The molecule has 0 unspecified atom stereocenters. The summed E-state index contributed by atoms with van der Waals surface area (Å²) in [4.78, 5) is 3.82. The van der Waals surface area contributed by atoms with E-state index in [1.165, 1.54) is 6.20 Å².